The molecule has 0 radical (unpaired) electrons. The van der Waals surface area contributed by atoms with Gasteiger partial charge >= 0.3 is 0 Å². The molecule has 1 aromatic heterocycles. The minimum atomic E-state index is 0.366. The highest BCUT2D eigenvalue weighted by molar-refractivity contribution is 5.28. The molecule has 0 saturated carbocycles. The lowest BCUT2D eigenvalue weighted by molar-refractivity contribution is 0.184. The van der Waals surface area contributed by atoms with Gasteiger partial charge in [0.1, 0.15) is 12.4 Å². The standard InChI is InChI=1S/C16H22N2O3/c1-12(2)17-9-14-8-16(21-18-14)11-20-15-6-4-5-13(7-15)10-19-3/h4-8,12,17H,9-11H2,1-3H3. The molecular weight excluding hydrogens is 268 g/mol. The van der Waals surface area contributed by atoms with Crippen molar-refractivity contribution in [2.75, 3.05) is 7.11 Å². The highest BCUT2D eigenvalue weighted by Gasteiger charge is 2.06. The Morgan fingerprint density at radius 2 is 2.10 bits per heavy atom. The fraction of sp³-hybridized carbons (Fsp3) is 0.438. The first kappa shape index (κ1) is 15.5. The van der Waals surface area contributed by atoms with Gasteiger partial charge < -0.3 is 19.3 Å². The average Bonchev–Trinajstić information content (AvgIpc) is 2.92. The molecule has 0 spiro atoms. The van der Waals surface area contributed by atoms with Gasteiger partial charge in [-0.15, -0.1) is 0 Å². The van der Waals surface area contributed by atoms with Crippen LogP contribution in [0.15, 0.2) is 34.9 Å². The number of benzene rings is 1. The molecule has 21 heavy (non-hydrogen) atoms. The predicted molar refractivity (Wildman–Crippen MR) is 80.0 cm³/mol. The second-order valence-corrected chi connectivity index (χ2v) is 5.19. The molecule has 114 valence electrons. The van der Waals surface area contributed by atoms with Crippen molar-refractivity contribution in [3.8, 4) is 5.75 Å². The van der Waals surface area contributed by atoms with Crippen LogP contribution in [0, 0.1) is 0 Å². The Kier molecular flexibility index (Phi) is 5.78. The summed E-state index contributed by atoms with van der Waals surface area (Å²) in [6.45, 7) is 5.83. The van der Waals surface area contributed by atoms with E-state index >= 15 is 0 Å². The van der Waals surface area contributed by atoms with E-state index in [-0.39, 0.29) is 0 Å². The van der Waals surface area contributed by atoms with E-state index < -0.39 is 0 Å². The maximum Gasteiger partial charge on any atom is 0.174 e. The molecule has 0 saturated heterocycles. The largest absolute Gasteiger partial charge is 0.486 e. The maximum absolute atomic E-state index is 5.71. The molecule has 0 fully saturated rings. The van der Waals surface area contributed by atoms with Gasteiger partial charge in [0.25, 0.3) is 0 Å². The molecular formula is C16H22N2O3. The molecule has 5 nitrogen and oxygen atoms in total. The zero-order chi connectivity index (χ0) is 15.1. The number of hydrogen-bond acceptors (Lipinski definition) is 5. The van der Waals surface area contributed by atoms with Crippen molar-refractivity contribution in [2.24, 2.45) is 0 Å². The maximum atomic E-state index is 5.71. The summed E-state index contributed by atoms with van der Waals surface area (Å²) >= 11 is 0. The van der Waals surface area contributed by atoms with Gasteiger partial charge in [0, 0.05) is 25.8 Å². The van der Waals surface area contributed by atoms with E-state index in [2.05, 4.69) is 24.3 Å². The lowest BCUT2D eigenvalue weighted by Crippen LogP contribution is -2.21. The van der Waals surface area contributed by atoms with E-state index in [1.54, 1.807) is 7.11 Å². The van der Waals surface area contributed by atoms with Gasteiger partial charge in [-0.2, -0.15) is 0 Å². The zero-order valence-corrected chi connectivity index (χ0v) is 12.8. The third kappa shape index (κ3) is 5.21. The summed E-state index contributed by atoms with van der Waals surface area (Å²) in [5.41, 5.74) is 1.96. The molecule has 0 bridgehead atoms. The SMILES string of the molecule is COCc1cccc(OCc2cc(CNC(C)C)no2)c1. The van der Waals surface area contributed by atoms with Gasteiger partial charge in [0.05, 0.1) is 12.3 Å². The smallest absolute Gasteiger partial charge is 0.174 e. The van der Waals surface area contributed by atoms with Gasteiger partial charge in [-0.25, -0.2) is 0 Å². The fourth-order valence-electron chi connectivity index (χ4n) is 1.86. The van der Waals surface area contributed by atoms with E-state index in [0.29, 0.717) is 31.6 Å². The van der Waals surface area contributed by atoms with Crippen LogP contribution in [0.4, 0.5) is 0 Å². The van der Waals surface area contributed by atoms with Crippen molar-refractivity contribution in [3.63, 3.8) is 0 Å². The topological polar surface area (TPSA) is 56.5 Å². The predicted octanol–water partition coefficient (Wildman–Crippen LogP) is 2.90. The molecule has 0 amide bonds. The van der Waals surface area contributed by atoms with Crippen LogP contribution in [-0.2, 0) is 24.5 Å². The molecule has 1 aromatic carbocycles. The van der Waals surface area contributed by atoms with Crippen molar-refractivity contribution < 1.29 is 14.0 Å². The first-order chi connectivity index (χ1) is 10.2. The van der Waals surface area contributed by atoms with E-state index in [0.717, 1.165) is 17.0 Å². The van der Waals surface area contributed by atoms with E-state index in [4.69, 9.17) is 14.0 Å². The van der Waals surface area contributed by atoms with Gasteiger partial charge in [-0.3, -0.25) is 0 Å². The zero-order valence-electron chi connectivity index (χ0n) is 12.8. The molecule has 1 heterocycles. The highest BCUT2D eigenvalue weighted by Crippen LogP contribution is 2.16. The third-order valence-electron chi connectivity index (χ3n) is 2.89. The average molecular weight is 290 g/mol. The summed E-state index contributed by atoms with van der Waals surface area (Å²) in [5.74, 6) is 1.51. The van der Waals surface area contributed by atoms with Crippen molar-refractivity contribution in [1.82, 2.24) is 10.5 Å². The molecule has 0 aliphatic rings. The molecule has 0 unspecified atom stereocenters. The number of nitrogens with zero attached hydrogens (tertiary/aromatic N) is 1. The summed E-state index contributed by atoms with van der Waals surface area (Å²) < 4.78 is 16.1. The molecule has 2 aromatic rings. The van der Waals surface area contributed by atoms with Crippen LogP contribution in [0.3, 0.4) is 0 Å². The lowest BCUT2D eigenvalue weighted by Gasteiger charge is -2.06. The van der Waals surface area contributed by atoms with Gasteiger partial charge in [-0.1, -0.05) is 31.1 Å². The summed E-state index contributed by atoms with van der Waals surface area (Å²) in [4.78, 5) is 0. The van der Waals surface area contributed by atoms with Crippen LogP contribution in [0.1, 0.15) is 30.9 Å². The van der Waals surface area contributed by atoms with E-state index in [9.17, 15) is 0 Å². The van der Waals surface area contributed by atoms with E-state index in [1.165, 1.54) is 0 Å². The first-order valence-corrected chi connectivity index (χ1v) is 7.06. The van der Waals surface area contributed by atoms with E-state index in [1.807, 2.05) is 30.3 Å². The van der Waals surface area contributed by atoms with Crippen LogP contribution in [0.5, 0.6) is 5.75 Å². The summed E-state index contributed by atoms with van der Waals surface area (Å²) in [6, 6.07) is 10.2. The van der Waals surface area contributed by atoms with Gasteiger partial charge in [0.15, 0.2) is 5.76 Å². The second kappa shape index (κ2) is 7.81. The van der Waals surface area contributed by atoms with Crippen LogP contribution in [0.25, 0.3) is 0 Å². The number of nitrogens with one attached hydrogen (secondary N) is 1. The van der Waals surface area contributed by atoms with Gasteiger partial charge in [-0.05, 0) is 17.7 Å². The summed E-state index contributed by atoms with van der Waals surface area (Å²) in [7, 11) is 1.68. The van der Waals surface area contributed by atoms with Crippen LogP contribution in [0.2, 0.25) is 0 Å². The van der Waals surface area contributed by atoms with Crippen molar-refractivity contribution >= 4 is 0 Å². The molecule has 0 aliphatic carbocycles. The number of methoxy groups -OCH3 is 1. The molecule has 0 atom stereocenters. The van der Waals surface area contributed by atoms with Crippen LogP contribution in [-0.4, -0.2) is 18.3 Å². The fourth-order valence-corrected chi connectivity index (χ4v) is 1.86. The Hall–Kier alpha value is -1.85. The van der Waals surface area contributed by atoms with Gasteiger partial charge in [0.2, 0.25) is 0 Å². The second-order valence-electron chi connectivity index (χ2n) is 5.19. The van der Waals surface area contributed by atoms with Crippen molar-refractivity contribution in [3.05, 3.63) is 47.3 Å². The van der Waals surface area contributed by atoms with Crippen LogP contribution < -0.4 is 10.1 Å². The molecule has 1 N–H and O–H groups in total. The molecule has 2 rings (SSSR count). The Bertz CT molecular complexity index is 552. The molecule has 5 heteroatoms. The number of ether oxygens (including phenoxy) is 2. The quantitative estimate of drug-likeness (QED) is 0.810. The summed E-state index contributed by atoms with van der Waals surface area (Å²) in [6.07, 6.45) is 0. The number of aromatic nitrogens is 1. The number of rotatable bonds is 8. The lowest BCUT2D eigenvalue weighted by atomic mass is 10.2. The normalized spacial score (nSPS) is 11.0. The van der Waals surface area contributed by atoms with Crippen molar-refractivity contribution in [1.29, 1.82) is 0 Å². The Labute approximate surface area is 125 Å². The molecule has 0 aliphatic heterocycles. The first-order valence-electron chi connectivity index (χ1n) is 7.06. The highest BCUT2D eigenvalue weighted by atomic mass is 16.5. The monoisotopic (exact) mass is 290 g/mol. The Morgan fingerprint density at radius 3 is 2.86 bits per heavy atom. The Balaban J connectivity index is 1.86. The Morgan fingerprint density at radius 1 is 1.24 bits per heavy atom. The number of hydrogen-bond donors (Lipinski definition) is 1. The minimum Gasteiger partial charge on any atom is -0.486 e. The third-order valence-corrected chi connectivity index (χ3v) is 2.89. The summed E-state index contributed by atoms with van der Waals surface area (Å²) in [5, 5.41) is 7.30. The van der Waals surface area contributed by atoms with Crippen molar-refractivity contribution in [2.45, 2.75) is 39.6 Å². The minimum absolute atomic E-state index is 0.366. The van der Waals surface area contributed by atoms with Crippen LogP contribution >= 0.6 is 0 Å².